The molecule has 0 saturated carbocycles. The lowest BCUT2D eigenvalue weighted by Crippen LogP contribution is -2.54. The molecule has 5 aromatic rings. The van der Waals surface area contributed by atoms with Gasteiger partial charge in [0.2, 0.25) is 17.7 Å². The van der Waals surface area contributed by atoms with Crippen LogP contribution >= 0.6 is 0 Å². The summed E-state index contributed by atoms with van der Waals surface area (Å²) in [6, 6.07) is 15.5. The van der Waals surface area contributed by atoms with Gasteiger partial charge < -0.3 is 15.0 Å². The van der Waals surface area contributed by atoms with Crippen molar-refractivity contribution in [3.8, 4) is 34.4 Å². The molecular weight excluding hydrogens is 765 g/mol. The lowest BCUT2D eigenvalue weighted by molar-refractivity contribution is -0.136. The van der Waals surface area contributed by atoms with Gasteiger partial charge in [-0.3, -0.25) is 53.6 Å². The van der Waals surface area contributed by atoms with Crippen LogP contribution in [0.4, 0.5) is 0 Å². The van der Waals surface area contributed by atoms with Gasteiger partial charge in [0.1, 0.15) is 11.7 Å². The van der Waals surface area contributed by atoms with Gasteiger partial charge in [-0.2, -0.15) is 5.10 Å². The lowest BCUT2D eigenvalue weighted by atomic mass is 9.96. The van der Waals surface area contributed by atoms with E-state index in [9.17, 15) is 28.8 Å². The minimum Gasteiger partial charge on any atom is -0.381 e. The number of hydrogen-bond acceptors (Lipinski definition) is 10. The zero-order valence-electron chi connectivity index (χ0n) is 32.8. The van der Waals surface area contributed by atoms with Gasteiger partial charge in [0, 0.05) is 105 Å². The number of carbonyl (C=O) groups excluding carboxylic acids is 6. The van der Waals surface area contributed by atoms with Gasteiger partial charge in [-0.1, -0.05) is 36.1 Å². The molecule has 3 aromatic heterocycles. The molecule has 1 unspecified atom stereocenters. The van der Waals surface area contributed by atoms with Crippen LogP contribution in [-0.2, 0) is 32.1 Å². The molecular formula is C45H40N8O7. The van der Waals surface area contributed by atoms with E-state index < -0.39 is 29.7 Å². The maximum absolute atomic E-state index is 13.3. The van der Waals surface area contributed by atoms with Crippen LogP contribution in [0, 0.1) is 11.8 Å². The molecule has 2 aromatic carbocycles. The minimum atomic E-state index is -1.07. The molecule has 0 radical (unpaired) electrons. The molecule has 6 amide bonds. The first-order chi connectivity index (χ1) is 29.2. The summed E-state index contributed by atoms with van der Waals surface area (Å²) in [5.41, 5.74) is 6.36. The molecule has 15 heteroatoms. The lowest BCUT2D eigenvalue weighted by Gasteiger charge is -2.29. The molecule has 1 atom stereocenters. The Balaban J connectivity index is 0.865. The number of nitrogens with one attached hydrogen (secondary N) is 2. The molecule has 2 saturated heterocycles. The fourth-order valence-electron chi connectivity index (χ4n) is 8.48. The van der Waals surface area contributed by atoms with Gasteiger partial charge in [-0.25, -0.2) is 0 Å². The maximum atomic E-state index is 13.3. The van der Waals surface area contributed by atoms with Crippen LogP contribution in [0.5, 0.6) is 0 Å². The van der Waals surface area contributed by atoms with Gasteiger partial charge >= 0.3 is 0 Å². The summed E-state index contributed by atoms with van der Waals surface area (Å²) in [5.74, 6) is 3.21. The normalized spacial score (nSPS) is 17.9. The number of pyridine rings is 2. The highest BCUT2D eigenvalue weighted by molar-refractivity contribution is 6.24. The van der Waals surface area contributed by atoms with Crippen LogP contribution in [0.25, 0.3) is 33.3 Å². The Hall–Kier alpha value is -7.05. The molecule has 9 rings (SSSR count). The quantitative estimate of drug-likeness (QED) is 0.139. The first kappa shape index (κ1) is 38.5. The molecule has 0 bridgehead atoms. The number of benzene rings is 2. The van der Waals surface area contributed by atoms with Crippen LogP contribution in [0.2, 0.25) is 0 Å². The van der Waals surface area contributed by atoms with Crippen molar-refractivity contribution < 1.29 is 33.5 Å². The van der Waals surface area contributed by atoms with Gasteiger partial charge in [0.25, 0.3) is 17.7 Å². The summed E-state index contributed by atoms with van der Waals surface area (Å²) in [4.78, 5) is 87.9. The summed E-state index contributed by atoms with van der Waals surface area (Å²) >= 11 is 0. The third kappa shape index (κ3) is 7.08. The predicted octanol–water partition coefficient (Wildman–Crippen LogP) is 3.99. The second-order valence-electron chi connectivity index (χ2n) is 15.3. The van der Waals surface area contributed by atoms with Crippen LogP contribution in [-0.4, -0.2) is 97.3 Å². The summed E-state index contributed by atoms with van der Waals surface area (Å²) < 4.78 is 7.83. The van der Waals surface area contributed by atoms with Crippen molar-refractivity contribution in [2.75, 3.05) is 26.3 Å². The van der Waals surface area contributed by atoms with E-state index in [1.807, 2.05) is 29.3 Å². The highest BCUT2D eigenvalue weighted by Crippen LogP contribution is 2.38. The van der Waals surface area contributed by atoms with Crippen molar-refractivity contribution >= 4 is 46.2 Å². The highest BCUT2D eigenvalue weighted by Gasteiger charge is 2.45. The zero-order chi connectivity index (χ0) is 41.5. The Kier molecular flexibility index (Phi) is 10.2. The SMILES string of the molecule is CC(=O)N1CCc2c(c(-c3cccc4cc(-c5ccc(C(=O)NCCC#Cc6cccc7c6C(=O)N(C6CCC(=O)NC6=O)C7=O)nc5)ncc34)nn2C2CCOCC2)C1. The van der Waals surface area contributed by atoms with Crippen molar-refractivity contribution in [3.63, 3.8) is 0 Å². The van der Waals surface area contributed by atoms with Crippen molar-refractivity contribution in [3.05, 3.63) is 101 Å². The van der Waals surface area contributed by atoms with E-state index in [1.54, 1.807) is 37.4 Å². The van der Waals surface area contributed by atoms with Crippen molar-refractivity contribution in [1.82, 2.24) is 40.2 Å². The van der Waals surface area contributed by atoms with Crippen LogP contribution in [0.1, 0.15) is 93.1 Å². The van der Waals surface area contributed by atoms with Crippen molar-refractivity contribution in [1.29, 1.82) is 0 Å². The van der Waals surface area contributed by atoms with E-state index in [0.717, 1.165) is 57.3 Å². The number of amides is 6. The third-order valence-corrected chi connectivity index (χ3v) is 11.6. The Morgan fingerprint density at radius 3 is 2.53 bits per heavy atom. The maximum Gasteiger partial charge on any atom is 0.269 e. The molecule has 0 spiro atoms. The van der Waals surface area contributed by atoms with E-state index in [0.29, 0.717) is 37.6 Å². The van der Waals surface area contributed by atoms with Gasteiger partial charge in [-0.05, 0) is 55.0 Å². The summed E-state index contributed by atoms with van der Waals surface area (Å²) in [5, 5.41) is 12.1. The second kappa shape index (κ2) is 16.0. The summed E-state index contributed by atoms with van der Waals surface area (Å²) in [6.45, 7) is 4.41. The highest BCUT2D eigenvalue weighted by atomic mass is 16.5. The fourth-order valence-corrected chi connectivity index (χ4v) is 8.48. The Morgan fingerprint density at radius 1 is 0.933 bits per heavy atom. The number of nitrogens with zero attached hydrogens (tertiary/aromatic N) is 6. The summed E-state index contributed by atoms with van der Waals surface area (Å²) in [7, 11) is 0. The molecule has 0 aliphatic carbocycles. The first-order valence-corrected chi connectivity index (χ1v) is 20.1. The van der Waals surface area contributed by atoms with E-state index >= 15 is 0 Å². The predicted molar refractivity (Wildman–Crippen MR) is 217 cm³/mol. The van der Waals surface area contributed by atoms with E-state index in [-0.39, 0.29) is 60.5 Å². The van der Waals surface area contributed by atoms with Gasteiger partial charge in [0.05, 0.1) is 28.6 Å². The standard InChI is InChI=1S/C45H40N8O7/c1-26(54)51-19-15-37-34(25-51)41(50-53(37)30-16-20-60-21-17-30)31-9-5-8-28-22-36(48-24-33(28)31)29-11-12-35(47-23-29)42(56)46-18-3-2-6-27-7-4-10-32-40(27)45(59)52(44(32)58)38-13-14-39(55)49-43(38)57/h4-5,7-12,22-24,30,38H,3,13-21,25H2,1H3,(H,46,56)(H,49,55,57). The Morgan fingerprint density at radius 2 is 1.75 bits per heavy atom. The molecule has 15 nitrogen and oxygen atoms in total. The van der Waals surface area contributed by atoms with E-state index in [1.165, 1.54) is 11.8 Å². The molecule has 2 N–H and O–H groups in total. The average molecular weight is 805 g/mol. The van der Waals surface area contributed by atoms with Crippen molar-refractivity contribution in [2.24, 2.45) is 0 Å². The minimum absolute atomic E-state index is 0.0308. The molecule has 2 fully saturated rings. The van der Waals surface area contributed by atoms with Crippen molar-refractivity contribution in [2.45, 2.75) is 64.1 Å². The number of carbonyl (C=O) groups is 6. The number of imide groups is 2. The number of piperidine rings is 1. The zero-order valence-corrected chi connectivity index (χ0v) is 32.8. The Labute approximate surface area is 344 Å². The van der Waals surface area contributed by atoms with Crippen LogP contribution in [0.15, 0.2) is 67.0 Å². The smallest absolute Gasteiger partial charge is 0.269 e. The number of ether oxygens (including phenoxy) is 1. The second-order valence-corrected chi connectivity index (χ2v) is 15.3. The third-order valence-electron chi connectivity index (χ3n) is 11.6. The van der Waals surface area contributed by atoms with Gasteiger partial charge in [0.15, 0.2) is 0 Å². The number of fused-ring (bicyclic) bond motifs is 3. The molecule has 7 heterocycles. The van der Waals surface area contributed by atoms with Crippen LogP contribution < -0.4 is 10.6 Å². The van der Waals surface area contributed by atoms with E-state index in [4.69, 9.17) is 14.8 Å². The van der Waals surface area contributed by atoms with Gasteiger partial charge in [-0.15, -0.1) is 0 Å². The average Bonchev–Trinajstić information content (AvgIpc) is 3.77. The summed E-state index contributed by atoms with van der Waals surface area (Å²) in [6.07, 6.45) is 6.35. The molecule has 302 valence electrons. The van der Waals surface area contributed by atoms with E-state index in [2.05, 4.69) is 38.2 Å². The number of hydrogen-bond donors (Lipinski definition) is 2. The number of rotatable bonds is 7. The molecule has 4 aliphatic rings. The number of aromatic nitrogens is 4. The van der Waals surface area contributed by atoms with Crippen LogP contribution in [0.3, 0.4) is 0 Å². The monoisotopic (exact) mass is 804 g/mol. The molecule has 4 aliphatic heterocycles. The largest absolute Gasteiger partial charge is 0.381 e. The fraction of sp³-hybridized carbons (Fsp3) is 0.311. The molecule has 60 heavy (non-hydrogen) atoms. The topological polar surface area (TPSA) is 186 Å². The first-order valence-electron chi connectivity index (χ1n) is 20.1. The Bertz CT molecular complexity index is 2690.